The van der Waals surface area contributed by atoms with Crippen LogP contribution in [0.25, 0.3) is 10.8 Å². The van der Waals surface area contributed by atoms with Gasteiger partial charge < -0.3 is 0 Å². The predicted octanol–water partition coefficient (Wildman–Crippen LogP) is 6.58. The molecule has 0 atom stereocenters. The molecule has 2 rings (SSSR count). The minimum atomic E-state index is -4.33. The summed E-state index contributed by atoms with van der Waals surface area (Å²) in [4.78, 5) is 0.125. The monoisotopic (exact) mass is 376 g/mol. The van der Waals surface area contributed by atoms with E-state index in [1.54, 1.807) is 0 Å². The van der Waals surface area contributed by atoms with E-state index in [4.69, 9.17) is 0 Å². The van der Waals surface area contributed by atoms with E-state index in [9.17, 15) is 13.0 Å². The Balaban J connectivity index is 3.33. The first kappa shape index (κ1) is 20.9. The van der Waals surface area contributed by atoms with Gasteiger partial charge in [0.25, 0.3) is 10.1 Å². The summed E-state index contributed by atoms with van der Waals surface area (Å²) in [6.07, 6.45) is 0. The molecule has 0 spiro atoms. The molecule has 26 heavy (non-hydrogen) atoms. The maximum absolute atomic E-state index is 12.5. The molecule has 0 aliphatic rings. The number of hydrogen-bond acceptors (Lipinski definition) is 2. The summed E-state index contributed by atoms with van der Waals surface area (Å²) in [5.41, 5.74) is 3.79. The lowest BCUT2D eigenvalue weighted by atomic mass is 9.79. The summed E-state index contributed by atoms with van der Waals surface area (Å²) in [7, 11) is -4.33. The van der Waals surface area contributed by atoms with Crippen LogP contribution in [-0.4, -0.2) is 13.0 Å². The van der Waals surface area contributed by atoms with Gasteiger partial charge in [0.2, 0.25) is 0 Å². The third-order valence-electron chi connectivity index (χ3n) is 5.05. The normalized spacial score (nSPS) is 13.0. The molecule has 0 fully saturated rings. The van der Waals surface area contributed by atoms with Gasteiger partial charge >= 0.3 is 0 Å². The van der Waals surface area contributed by atoms with E-state index in [2.05, 4.69) is 33.8 Å². The smallest absolute Gasteiger partial charge is 0.282 e. The molecule has 3 nitrogen and oxygen atoms in total. The van der Waals surface area contributed by atoms with E-state index in [0.717, 1.165) is 27.5 Å². The largest absolute Gasteiger partial charge is 0.295 e. The van der Waals surface area contributed by atoms with Crippen molar-refractivity contribution in [2.45, 2.75) is 84.0 Å². The molecular weight excluding hydrogens is 344 g/mol. The molecule has 0 amide bonds. The van der Waals surface area contributed by atoms with Gasteiger partial charge in [-0.05, 0) is 56.7 Å². The molecule has 144 valence electrons. The molecule has 0 unspecified atom stereocenters. The lowest BCUT2D eigenvalue weighted by Crippen LogP contribution is -2.15. The lowest BCUT2D eigenvalue weighted by molar-refractivity contribution is 0.479. The van der Waals surface area contributed by atoms with Crippen LogP contribution < -0.4 is 0 Å². The van der Waals surface area contributed by atoms with E-state index >= 15 is 0 Å². The van der Waals surface area contributed by atoms with Crippen LogP contribution in [-0.2, 0) is 10.1 Å². The van der Waals surface area contributed by atoms with Crippen LogP contribution in [0.4, 0.5) is 0 Å². The maximum atomic E-state index is 12.5. The van der Waals surface area contributed by atoms with Crippen molar-refractivity contribution in [2.24, 2.45) is 0 Å². The van der Waals surface area contributed by atoms with Crippen molar-refractivity contribution in [2.75, 3.05) is 0 Å². The summed E-state index contributed by atoms with van der Waals surface area (Å²) in [6.45, 7) is 16.5. The van der Waals surface area contributed by atoms with Gasteiger partial charge in [-0.2, -0.15) is 8.42 Å². The van der Waals surface area contributed by atoms with E-state index in [-0.39, 0.29) is 22.6 Å². The van der Waals surface area contributed by atoms with E-state index < -0.39 is 10.1 Å². The van der Waals surface area contributed by atoms with Gasteiger partial charge in [0, 0.05) is 0 Å². The summed E-state index contributed by atoms with van der Waals surface area (Å²) in [6, 6.07) is 6.14. The Kier molecular flexibility index (Phi) is 5.89. The molecule has 2 aromatic carbocycles. The highest BCUT2D eigenvalue weighted by Crippen LogP contribution is 2.45. The van der Waals surface area contributed by atoms with Gasteiger partial charge in [0.1, 0.15) is 4.90 Å². The van der Waals surface area contributed by atoms with E-state index in [1.165, 1.54) is 5.56 Å². The SMILES string of the molecule is CC(C)c1c(S(=O)(=O)O)c(C(C)C)c2cccc(C(C)C)c2c1C(C)C. The second kappa shape index (κ2) is 7.32. The number of fused-ring (bicyclic) bond motifs is 1. The van der Waals surface area contributed by atoms with Crippen molar-refractivity contribution >= 4 is 20.9 Å². The number of hydrogen-bond donors (Lipinski definition) is 1. The Morgan fingerprint density at radius 3 is 1.62 bits per heavy atom. The zero-order valence-corrected chi connectivity index (χ0v) is 18.0. The fraction of sp³-hybridized carbons (Fsp3) is 0.545. The summed E-state index contributed by atoms with van der Waals surface area (Å²) in [5, 5.41) is 2.12. The van der Waals surface area contributed by atoms with Gasteiger partial charge in [-0.25, -0.2) is 0 Å². The highest BCUT2D eigenvalue weighted by atomic mass is 32.2. The van der Waals surface area contributed by atoms with Crippen molar-refractivity contribution in [3.05, 3.63) is 40.5 Å². The summed E-state index contributed by atoms with van der Waals surface area (Å²) in [5.74, 6) is 0.450. The lowest BCUT2D eigenvalue weighted by Gasteiger charge is -2.28. The Morgan fingerprint density at radius 1 is 0.731 bits per heavy atom. The number of rotatable bonds is 5. The van der Waals surface area contributed by atoms with Crippen LogP contribution in [0.2, 0.25) is 0 Å². The molecule has 2 aromatic rings. The average Bonchev–Trinajstić information content (AvgIpc) is 2.49. The number of benzene rings is 2. The molecule has 4 heteroatoms. The molecule has 0 saturated heterocycles. The van der Waals surface area contributed by atoms with Crippen LogP contribution in [0.1, 0.15) is 101 Å². The first-order valence-corrected chi connectivity index (χ1v) is 10.9. The fourth-order valence-electron chi connectivity index (χ4n) is 4.12. The van der Waals surface area contributed by atoms with Crippen molar-refractivity contribution in [3.63, 3.8) is 0 Å². The van der Waals surface area contributed by atoms with Crippen LogP contribution in [0.15, 0.2) is 23.1 Å². The standard InChI is InChI=1S/C22H32O3S/c1-12(2)16-10-9-11-17-18(13(3)4)22(26(23,24)25)20(15(7)8)19(14(5)6)21(16)17/h9-15H,1-8H3,(H,23,24,25). The van der Waals surface area contributed by atoms with E-state index in [0.29, 0.717) is 5.92 Å². The van der Waals surface area contributed by atoms with Gasteiger partial charge in [-0.1, -0.05) is 73.6 Å². The Bertz CT molecular complexity index is 920. The first-order valence-electron chi connectivity index (χ1n) is 9.49. The maximum Gasteiger partial charge on any atom is 0.295 e. The third kappa shape index (κ3) is 3.54. The van der Waals surface area contributed by atoms with Crippen molar-refractivity contribution in [1.82, 2.24) is 0 Å². The molecule has 1 N–H and O–H groups in total. The molecule has 0 radical (unpaired) electrons. The molecule has 0 aliphatic carbocycles. The second-order valence-corrected chi connectivity index (χ2v) is 9.79. The minimum absolute atomic E-state index is 0.00792. The highest BCUT2D eigenvalue weighted by Gasteiger charge is 2.31. The minimum Gasteiger partial charge on any atom is -0.282 e. The van der Waals surface area contributed by atoms with Gasteiger partial charge in [-0.3, -0.25) is 4.55 Å². The van der Waals surface area contributed by atoms with Crippen molar-refractivity contribution in [1.29, 1.82) is 0 Å². The Labute approximate surface area is 158 Å². The van der Waals surface area contributed by atoms with Gasteiger partial charge in [0.15, 0.2) is 0 Å². The fourth-order valence-corrected chi connectivity index (χ4v) is 5.37. The third-order valence-corrected chi connectivity index (χ3v) is 6.00. The highest BCUT2D eigenvalue weighted by molar-refractivity contribution is 7.86. The van der Waals surface area contributed by atoms with Crippen LogP contribution >= 0.6 is 0 Å². The van der Waals surface area contributed by atoms with E-state index in [1.807, 2.05) is 39.8 Å². The quantitative estimate of drug-likeness (QED) is 0.600. The molecular formula is C22H32O3S. The van der Waals surface area contributed by atoms with Crippen LogP contribution in [0, 0.1) is 0 Å². The molecule has 0 saturated carbocycles. The first-order chi connectivity index (χ1) is 11.9. The zero-order valence-electron chi connectivity index (χ0n) is 17.2. The van der Waals surface area contributed by atoms with Crippen LogP contribution in [0.3, 0.4) is 0 Å². The van der Waals surface area contributed by atoms with Crippen molar-refractivity contribution < 1.29 is 13.0 Å². The topological polar surface area (TPSA) is 54.4 Å². The molecule has 0 aliphatic heterocycles. The molecule has 0 heterocycles. The van der Waals surface area contributed by atoms with Gasteiger partial charge in [0.05, 0.1) is 0 Å². The zero-order chi connectivity index (χ0) is 20.0. The Morgan fingerprint density at radius 2 is 1.23 bits per heavy atom. The van der Waals surface area contributed by atoms with Crippen molar-refractivity contribution in [3.8, 4) is 0 Å². The molecule has 0 bridgehead atoms. The average molecular weight is 377 g/mol. The summed E-state index contributed by atoms with van der Waals surface area (Å²) >= 11 is 0. The predicted molar refractivity (Wildman–Crippen MR) is 110 cm³/mol. The molecule has 0 aromatic heterocycles. The van der Waals surface area contributed by atoms with Crippen LogP contribution in [0.5, 0.6) is 0 Å². The van der Waals surface area contributed by atoms with Gasteiger partial charge in [-0.15, -0.1) is 0 Å². The summed E-state index contributed by atoms with van der Waals surface area (Å²) < 4.78 is 35.1. The second-order valence-electron chi connectivity index (χ2n) is 8.43. The Hall–Kier alpha value is -1.39.